The maximum Gasteiger partial charge on any atom is 0.268 e. The van der Waals surface area contributed by atoms with Crippen molar-refractivity contribution in [2.24, 2.45) is 5.92 Å². The first-order chi connectivity index (χ1) is 16.0. The van der Waals surface area contributed by atoms with Crippen molar-refractivity contribution in [2.45, 2.75) is 45.6 Å². The third-order valence-corrected chi connectivity index (χ3v) is 6.71. The normalized spacial score (nSPS) is 19.2. The molecule has 0 unspecified atom stereocenters. The van der Waals surface area contributed by atoms with E-state index in [0.29, 0.717) is 24.4 Å². The predicted molar refractivity (Wildman–Crippen MR) is 131 cm³/mol. The summed E-state index contributed by atoms with van der Waals surface area (Å²) in [6.07, 6.45) is 3.58. The molecule has 2 amide bonds. The van der Waals surface area contributed by atoms with Gasteiger partial charge in [0.25, 0.3) is 5.91 Å². The lowest BCUT2D eigenvalue weighted by Gasteiger charge is -2.34. The zero-order chi connectivity index (χ0) is 23.2. The Morgan fingerprint density at radius 2 is 1.88 bits per heavy atom. The fourth-order valence-corrected chi connectivity index (χ4v) is 4.77. The van der Waals surface area contributed by atoms with Gasteiger partial charge in [-0.05, 0) is 74.9 Å². The third kappa shape index (κ3) is 5.93. The van der Waals surface area contributed by atoms with E-state index < -0.39 is 6.10 Å². The average molecular weight is 450 g/mol. The minimum atomic E-state index is -0.537. The topological polar surface area (TPSA) is 61.9 Å². The van der Waals surface area contributed by atoms with Gasteiger partial charge in [0.05, 0.1) is 5.69 Å². The van der Waals surface area contributed by atoms with Crippen molar-refractivity contribution in [3.05, 3.63) is 59.7 Å². The van der Waals surface area contributed by atoms with Crippen LogP contribution < -0.4 is 15.0 Å². The highest BCUT2D eigenvalue weighted by Crippen LogP contribution is 2.35. The zero-order valence-corrected chi connectivity index (χ0v) is 19.8. The molecule has 6 nitrogen and oxygen atoms in total. The van der Waals surface area contributed by atoms with Gasteiger partial charge in [-0.15, -0.1) is 0 Å². The molecule has 176 valence electrons. The first kappa shape index (κ1) is 23.3. The van der Waals surface area contributed by atoms with Crippen LogP contribution in [-0.2, 0) is 16.0 Å². The van der Waals surface area contributed by atoms with E-state index in [1.165, 1.54) is 18.4 Å². The Morgan fingerprint density at radius 3 is 2.61 bits per heavy atom. The average Bonchev–Trinajstić information content (AvgIpc) is 2.83. The number of fused-ring (bicyclic) bond motifs is 1. The van der Waals surface area contributed by atoms with Gasteiger partial charge in [0.1, 0.15) is 12.3 Å². The molecular formula is C27H35N3O3. The predicted octanol–water partition coefficient (Wildman–Crippen LogP) is 3.57. The van der Waals surface area contributed by atoms with E-state index in [-0.39, 0.29) is 18.4 Å². The van der Waals surface area contributed by atoms with E-state index in [1.807, 2.05) is 32.0 Å². The molecule has 2 heterocycles. The van der Waals surface area contributed by atoms with Crippen LogP contribution in [0.3, 0.4) is 0 Å². The van der Waals surface area contributed by atoms with Gasteiger partial charge < -0.3 is 15.0 Å². The lowest BCUT2D eigenvalue weighted by molar-refractivity contribution is -0.129. The molecular weight excluding hydrogens is 414 g/mol. The number of anilines is 1. The Balaban J connectivity index is 1.23. The van der Waals surface area contributed by atoms with Gasteiger partial charge in [0.15, 0.2) is 6.10 Å². The van der Waals surface area contributed by atoms with Crippen LogP contribution in [0.5, 0.6) is 5.75 Å². The Kier molecular flexibility index (Phi) is 7.65. The summed E-state index contributed by atoms with van der Waals surface area (Å²) in [7, 11) is 0. The Labute approximate surface area is 196 Å². The van der Waals surface area contributed by atoms with Gasteiger partial charge in [0, 0.05) is 13.1 Å². The summed E-state index contributed by atoms with van der Waals surface area (Å²) in [5.74, 6) is 1.12. The van der Waals surface area contributed by atoms with Crippen molar-refractivity contribution >= 4 is 17.5 Å². The molecule has 1 atom stereocenters. The number of ether oxygens (including phenoxy) is 1. The number of hydrogen-bond acceptors (Lipinski definition) is 4. The Hall–Kier alpha value is -2.86. The van der Waals surface area contributed by atoms with Gasteiger partial charge >= 0.3 is 0 Å². The quantitative estimate of drug-likeness (QED) is 0.669. The molecule has 33 heavy (non-hydrogen) atoms. The smallest absolute Gasteiger partial charge is 0.268 e. The van der Waals surface area contributed by atoms with Crippen LogP contribution >= 0.6 is 0 Å². The van der Waals surface area contributed by atoms with Crippen molar-refractivity contribution in [3.63, 3.8) is 0 Å². The second kappa shape index (κ2) is 10.8. The van der Waals surface area contributed by atoms with Gasteiger partial charge in [-0.3, -0.25) is 14.5 Å². The molecule has 0 saturated carbocycles. The van der Waals surface area contributed by atoms with Crippen LogP contribution in [0.15, 0.2) is 48.5 Å². The second-order valence-corrected chi connectivity index (χ2v) is 9.23. The summed E-state index contributed by atoms with van der Waals surface area (Å²) in [6, 6.07) is 16.5. The van der Waals surface area contributed by atoms with Gasteiger partial charge in [-0.25, -0.2) is 0 Å². The molecule has 0 radical (unpaired) electrons. The Morgan fingerprint density at radius 1 is 1.12 bits per heavy atom. The molecule has 2 aromatic rings. The third-order valence-electron chi connectivity index (χ3n) is 6.71. The number of benzene rings is 2. The minimum Gasteiger partial charge on any atom is -0.478 e. The number of nitrogens with one attached hydrogen (secondary N) is 1. The fraction of sp³-hybridized carbons (Fsp3) is 0.481. The van der Waals surface area contributed by atoms with E-state index in [9.17, 15) is 9.59 Å². The van der Waals surface area contributed by atoms with Crippen LogP contribution in [0.1, 0.15) is 37.3 Å². The number of nitrogens with zero attached hydrogens (tertiary/aromatic N) is 2. The van der Waals surface area contributed by atoms with Crippen molar-refractivity contribution < 1.29 is 14.3 Å². The van der Waals surface area contributed by atoms with Crippen LogP contribution in [0, 0.1) is 12.8 Å². The van der Waals surface area contributed by atoms with Gasteiger partial charge in [0.2, 0.25) is 5.91 Å². The van der Waals surface area contributed by atoms with E-state index in [1.54, 1.807) is 4.90 Å². The Bertz CT molecular complexity index is 954. The standard InChI is InChI=1S/C27H35N3O3/c1-3-24-27(32)30(23-17-20(2)9-10-25(23)33-24)19-26(31)28-13-16-29-14-11-22(12-15-29)18-21-7-5-4-6-8-21/h4-10,17,22,24H,3,11-16,18-19H2,1-2H3,(H,28,31)/t24-/m0/s1. The zero-order valence-electron chi connectivity index (χ0n) is 19.8. The molecule has 0 aromatic heterocycles. The summed E-state index contributed by atoms with van der Waals surface area (Å²) < 4.78 is 5.84. The molecule has 1 fully saturated rings. The summed E-state index contributed by atoms with van der Waals surface area (Å²) in [4.78, 5) is 29.5. The number of aryl methyl sites for hydroxylation is 1. The molecule has 0 aliphatic carbocycles. The van der Waals surface area contributed by atoms with Crippen molar-refractivity contribution in [1.82, 2.24) is 10.2 Å². The molecule has 2 aliphatic heterocycles. The first-order valence-electron chi connectivity index (χ1n) is 12.1. The highest BCUT2D eigenvalue weighted by molar-refractivity contribution is 6.03. The lowest BCUT2D eigenvalue weighted by Crippen LogP contribution is -2.50. The van der Waals surface area contributed by atoms with Crippen LogP contribution in [-0.4, -0.2) is 55.5 Å². The maximum absolute atomic E-state index is 12.9. The monoisotopic (exact) mass is 449 g/mol. The molecule has 1 N–H and O–H groups in total. The highest BCUT2D eigenvalue weighted by atomic mass is 16.5. The molecule has 2 aliphatic rings. The number of likely N-dealkylation sites (tertiary alicyclic amines) is 1. The van der Waals surface area contributed by atoms with Crippen molar-refractivity contribution in [2.75, 3.05) is 37.6 Å². The summed E-state index contributed by atoms with van der Waals surface area (Å²) in [5.41, 5.74) is 3.13. The number of piperidine rings is 1. The van der Waals surface area contributed by atoms with Crippen molar-refractivity contribution in [1.29, 1.82) is 0 Å². The maximum atomic E-state index is 12.9. The fourth-order valence-electron chi connectivity index (χ4n) is 4.77. The first-order valence-corrected chi connectivity index (χ1v) is 12.1. The molecule has 4 rings (SSSR count). The molecule has 0 spiro atoms. The van der Waals surface area contributed by atoms with Gasteiger partial charge in [-0.1, -0.05) is 43.3 Å². The van der Waals surface area contributed by atoms with Crippen LogP contribution in [0.2, 0.25) is 0 Å². The van der Waals surface area contributed by atoms with Crippen LogP contribution in [0.25, 0.3) is 0 Å². The van der Waals surface area contributed by atoms with E-state index in [0.717, 1.165) is 37.5 Å². The number of rotatable bonds is 8. The number of carbonyl (C=O) groups is 2. The van der Waals surface area contributed by atoms with E-state index >= 15 is 0 Å². The second-order valence-electron chi connectivity index (χ2n) is 9.23. The number of carbonyl (C=O) groups excluding carboxylic acids is 2. The van der Waals surface area contributed by atoms with Gasteiger partial charge in [-0.2, -0.15) is 0 Å². The largest absolute Gasteiger partial charge is 0.478 e. The number of hydrogen-bond donors (Lipinski definition) is 1. The molecule has 1 saturated heterocycles. The summed E-state index contributed by atoms with van der Waals surface area (Å²) >= 11 is 0. The van der Waals surface area contributed by atoms with E-state index in [4.69, 9.17) is 4.74 Å². The molecule has 0 bridgehead atoms. The SMILES string of the molecule is CC[C@@H]1Oc2ccc(C)cc2N(CC(=O)NCCN2CCC(Cc3ccccc3)CC2)C1=O. The molecule has 6 heteroatoms. The minimum absolute atomic E-state index is 0.0221. The lowest BCUT2D eigenvalue weighted by atomic mass is 9.90. The van der Waals surface area contributed by atoms with Crippen LogP contribution in [0.4, 0.5) is 5.69 Å². The van der Waals surface area contributed by atoms with E-state index in [2.05, 4.69) is 40.5 Å². The van der Waals surface area contributed by atoms with Crippen molar-refractivity contribution in [3.8, 4) is 5.75 Å². The number of amides is 2. The molecule has 2 aromatic carbocycles. The highest BCUT2D eigenvalue weighted by Gasteiger charge is 2.34. The summed E-state index contributed by atoms with van der Waals surface area (Å²) in [6.45, 7) is 7.49. The summed E-state index contributed by atoms with van der Waals surface area (Å²) in [5, 5.41) is 3.01.